The average Bonchev–Trinajstić information content (AvgIpc) is 3.56. The second-order valence-electron chi connectivity index (χ2n) is 11.5. The summed E-state index contributed by atoms with van der Waals surface area (Å²) in [5, 5.41) is 13.7. The molecule has 0 spiro atoms. The summed E-state index contributed by atoms with van der Waals surface area (Å²) in [7, 11) is 3.66. The van der Waals surface area contributed by atoms with Crippen LogP contribution in [0.1, 0.15) is 36.8 Å². The van der Waals surface area contributed by atoms with Crippen LogP contribution in [0.4, 0.5) is 19.0 Å². The lowest BCUT2D eigenvalue weighted by Crippen LogP contribution is -2.35. The maximum atomic E-state index is 14.3. The Bertz CT molecular complexity index is 1300. The van der Waals surface area contributed by atoms with Gasteiger partial charge in [-0.15, -0.1) is 10.2 Å². The number of aromatic nitrogens is 4. The van der Waals surface area contributed by atoms with E-state index >= 15 is 0 Å². The number of nitrogens with zero attached hydrogens (tertiary/aromatic N) is 6. The average molecular weight is 529 g/mol. The molecule has 0 bridgehead atoms. The van der Waals surface area contributed by atoms with Crippen LogP contribution in [0.3, 0.4) is 0 Å². The number of anilines is 1. The zero-order chi connectivity index (χ0) is 26.6. The van der Waals surface area contributed by atoms with Crippen molar-refractivity contribution in [2.75, 3.05) is 44.8 Å². The van der Waals surface area contributed by atoms with Gasteiger partial charge in [-0.3, -0.25) is 4.68 Å². The summed E-state index contributed by atoms with van der Waals surface area (Å²) in [4.78, 5) is 4.52. The normalized spacial score (nSPS) is 24.8. The number of halogens is 3. The van der Waals surface area contributed by atoms with Gasteiger partial charge in [-0.1, -0.05) is 6.07 Å². The highest BCUT2D eigenvalue weighted by molar-refractivity contribution is 5.88. The Kier molecular flexibility index (Phi) is 6.58. The van der Waals surface area contributed by atoms with Crippen LogP contribution in [0.2, 0.25) is 0 Å². The first kappa shape index (κ1) is 25.6. The zero-order valence-electron chi connectivity index (χ0n) is 22.2. The van der Waals surface area contributed by atoms with Gasteiger partial charge >= 0.3 is 6.18 Å². The van der Waals surface area contributed by atoms with Gasteiger partial charge in [-0.2, -0.15) is 18.3 Å². The highest BCUT2D eigenvalue weighted by atomic mass is 19.4. The molecular formula is C28H35F3N6O. The second-order valence-corrected chi connectivity index (χ2v) is 11.5. The fraction of sp³-hybridized carbons (Fsp3) is 0.607. The molecule has 3 aliphatic rings. The second kappa shape index (κ2) is 9.79. The van der Waals surface area contributed by atoms with Gasteiger partial charge in [-0.25, -0.2) is 0 Å². The molecule has 1 saturated carbocycles. The molecule has 10 heteroatoms. The molecule has 1 aliphatic carbocycles. The molecule has 1 aromatic carbocycles. The molecule has 2 aliphatic heterocycles. The van der Waals surface area contributed by atoms with Crippen molar-refractivity contribution in [3.8, 4) is 11.3 Å². The zero-order valence-corrected chi connectivity index (χ0v) is 22.2. The first-order valence-corrected chi connectivity index (χ1v) is 13.6. The smallest absolute Gasteiger partial charge is 0.381 e. The molecule has 4 heterocycles. The number of alkyl halides is 3. The van der Waals surface area contributed by atoms with Crippen LogP contribution in [0.15, 0.2) is 24.4 Å². The molecule has 6 rings (SSSR count). The van der Waals surface area contributed by atoms with Crippen LogP contribution >= 0.6 is 0 Å². The Balaban J connectivity index is 1.20. The maximum Gasteiger partial charge on any atom is 0.418 e. The fourth-order valence-corrected chi connectivity index (χ4v) is 6.89. The highest BCUT2D eigenvalue weighted by Gasteiger charge is 2.43. The van der Waals surface area contributed by atoms with E-state index in [1.165, 1.54) is 6.07 Å². The van der Waals surface area contributed by atoms with Crippen LogP contribution < -0.4 is 4.90 Å². The third-order valence-electron chi connectivity index (χ3n) is 8.98. The molecule has 3 fully saturated rings. The molecule has 3 atom stereocenters. The van der Waals surface area contributed by atoms with Gasteiger partial charge in [0.1, 0.15) is 5.69 Å². The summed E-state index contributed by atoms with van der Waals surface area (Å²) in [6.07, 6.45) is 1.51. The van der Waals surface area contributed by atoms with Gasteiger partial charge in [0.2, 0.25) is 0 Å². The predicted molar refractivity (Wildman–Crippen MR) is 140 cm³/mol. The number of fused-ring (bicyclic) bond motifs is 2. The molecule has 0 radical (unpaired) electrons. The number of hydrogen-bond donors (Lipinski definition) is 0. The van der Waals surface area contributed by atoms with E-state index in [1.54, 1.807) is 23.9 Å². The minimum absolute atomic E-state index is 0.134. The summed E-state index contributed by atoms with van der Waals surface area (Å²) in [5.74, 6) is 2.18. The first-order chi connectivity index (χ1) is 18.2. The van der Waals surface area contributed by atoms with E-state index in [9.17, 15) is 13.2 Å². The Morgan fingerprint density at radius 3 is 2.47 bits per heavy atom. The van der Waals surface area contributed by atoms with Crippen molar-refractivity contribution in [1.29, 1.82) is 0 Å². The van der Waals surface area contributed by atoms with Gasteiger partial charge in [0, 0.05) is 70.1 Å². The maximum absolute atomic E-state index is 14.3. The molecule has 204 valence electrons. The van der Waals surface area contributed by atoms with E-state index in [2.05, 4.69) is 20.2 Å². The Morgan fingerprint density at radius 1 is 1.08 bits per heavy atom. The third-order valence-corrected chi connectivity index (χ3v) is 8.98. The quantitative estimate of drug-likeness (QED) is 0.468. The lowest BCUT2D eigenvalue weighted by Gasteiger charge is -2.30. The molecule has 0 unspecified atom stereocenters. The summed E-state index contributed by atoms with van der Waals surface area (Å²) < 4.78 is 50.1. The number of ether oxygens (including phenoxy) is 1. The van der Waals surface area contributed by atoms with Gasteiger partial charge in [0.15, 0.2) is 5.82 Å². The molecule has 0 amide bonds. The van der Waals surface area contributed by atoms with Crippen molar-refractivity contribution >= 4 is 16.7 Å². The van der Waals surface area contributed by atoms with Crippen molar-refractivity contribution in [2.24, 2.45) is 24.8 Å². The van der Waals surface area contributed by atoms with E-state index in [0.717, 1.165) is 75.4 Å². The largest absolute Gasteiger partial charge is 0.418 e. The van der Waals surface area contributed by atoms with Crippen LogP contribution in [-0.4, -0.2) is 70.8 Å². The van der Waals surface area contributed by atoms with Gasteiger partial charge in [0.25, 0.3) is 0 Å². The van der Waals surface area contributed by atoms with Crippen molar-refractivity contribution < 1.29 is 17.9 Å². The first-order valence-electron chi connectivity index (χ1n) is 13.6. The lowest BCUT2D eigenvalue weighted by atomic mass is 9.98. The minimum atomic E-state index is -4.55. The minimum Gasteiger partial charge on any atom is -0.381 e. The molecule has 7 nitrogen and oxygen atoms in total. The van der Waals surface area contributed by atoms with Crippen LogP contribution in [0.25, 0.3) is 22.2 Å². The van der Waals surface area contributed by atoms with Crippen LogP contribution in [-0.2, 0) is 18.0 Å². The predicted octanol–water partition coefficient (Wildman–Crippen LogP) is 4.93. The fourth-order valence-electron chi connectivity index (χ4n) is 6.89. The summed E-state index contributed by atoms with van der Waals surface area (Å²) in [5.41, 5.74) is 1.00. The molecule has 2 aromatic heterocycles. The SMILES string of the molecule is Cc1c(-c2nnc(N(C)[C@H]3C[C@@H]4CN(CC5CCOCC5)C[C@@H]4C3)cc2C(F)(F)F)ccc2nn(C)cc12. The number of hydrogen-bond acceptors (Lipinski definition) is 6. The summed E-state index contributed by atoms with van der Waals surface area (Å²) in [6, 6.07) is 4.76. The van der Waals surface area contributed by atoms with Gasteiger partial charge < -0.3 is 14.5 Å². The van der Waals surface area contributed by atoms with Crippen LogP contribution in [0, 0.1) is 24.7 Å². The number of benzene rings is 1. The molecule has 0 N–H and O–H groups in total. The van der Waals surface area contributed by atoms with Crippen molar-refractivity contribution in [3.05, 3.63) is 35.5 Å². The monoisotopic (exact) mass is 528 g/mol. The van der Waals surface area contributed by atoms with Crippen LogP contribution in [0.5, 0.6) is 0 Å². The van der Waals surface area contributed by atoms with Gasteiger partial charge in [0.05, 0.1) is 11.1 Å². The van der Waals surface area contributed by atoms with Crippen molar-refractivity contribution in [2.45, 2.75) is 44.8 Å². The van der Waals surface area contributed by atoms with Crippen molar-refractivity contribution in [3.63, 3.8) is 0 Å². The Labute approximate surface area is 221 Å². The van der Waals surface area contributed by atoms with E-state index in [1.807, 2.05) is 25.1 Å². The van der Waals surface area contributed by atoms with E-state index in [-0.39, 0.29) is 17.6 Å². The van der Waals surface area contributed by atoms with E-state index < -0.39 is 11.7 Å². The van der Waals surface area contributed by atoms with Gasteiger partial charge in [-0.05, 0) is 68.1 Å². The van der Waals surface area contributed by atoms with E-state index in [4.69, 9.17) is 4.74 Å². The standard InChI is InChI=1S/C28H35F3N6O/c1-17-22(4-5-25-23(17)16-35(2)34-25)27-24(28(29,30)31)12-26(32-33-27)36(3)21-10-19-14-37(15-20(19)11-21)13-18-6-8-38-9-7-18/h4-5,12,16,18-21H,6-11,13-15H2,1-3H3/t19-,20+,21+. The highest BCUT2D eigenvalue weighted by Crippen LogP contribution is 2.43. The molecule has 38 heavy (non-hydrogen) atoms. The summed E-state index contributed by atoms with van der Waals surface area (Å²) >= 11 is 0. The topological polar surface area (TPSA) is 59.3 Å². The molecule has 3 aromatic rings. The number of aryl methyl sites for hydroxylation is 2. The van der Waals surface area contributed by atoms with Crippen molar-refractivity contribution in [1.82, 2.24) is 24.9 Å². The molecule has 2 saturated heterocycles. The number of likely N-dealkylation sites (tertiary alicyclic amines) is 1. The molecular weight excluding hydrogens is 493 g/mol. The Morgan fingerprint density at radius 2 is 1.79 bits per heavy atom. The van der Waals surface area contributed by atoms with E-state index in [0.29, 0.717) is 23.0 Å². The third kappa shape index (κ3) is 4.77. The summed E-state index contributed by atoms with van der Waals surface area (Å²) in [6.45, 7) is 6.86. The lowest BCUT2D eigenvalue weighted by molar-refractivity contribution is -0.137. The Hall–Kier alpha value is -2.72. The number of rotatable bonds is 5.